The smallest absolute Gasteiger partial charge is 0.355 e. The molecule has 2 rings (SSSR count). The highest BCUT2D eigenvalue weighted by Gasteiger charge is 2.41. The monoisotopic (exact) mass is 318 g/mol. The second-order valence-electron chi connectivity index (χ2n) is 6.45. The minimum atomic E-state index is -2.70. The summed E-state index contributed by atoms with van der Waals surface area (Å²) in [6.07, 6.45) is 0.0714. The third-order valence-corrected chi connectivity index (χ3v) is 8.26. The summed E-state index contributed by atoms with van der Waals surface area (Å²) >= 11 is 7.11. The van der Waals surface area contributed by atoms with E-state index in [2.05, 4.69) is 52.0 Å². The van der Waals surface area contributed by atoms with Crippen molar-refractivity contribution in [2.24, 2.45) is 5.41 Å². The summed E-state index contributed by atoms with van der Waals surface area (Å²) in [4.78, 5) is 0. The minimum absolute atomic E-state index is 0.0523. The van der Waals surface area contributed by atoms with Crippen LogP contribution in [0.5, 0.6) is 0 Å². The zero-order valence-electron chi connectivity index (χ0n) is 13.1. The van der Waals surface area contributed by atoms with Crippen molar-refractivity contribution < 1.29 is 4.43 Å². The van der Waals surface area contributed by atoms with Gasteiger partial charge in [-0.1, -0.05) is 81.4 Å². The minimum Gasteiger partial charge on any atom is -0.393 e. The van der Waals surface area contributed by atoms with E-state index in [1.165, 1.54) is 0 Å². The summed E-state index contributed by atoms with van der Waals surface area (Å²) in [5.41, 5.74) is 0.0523. The molecule has 3 heteroatoms. The van der Waals surface area contributed by atoms with Gasteiger partial charge in [0.15, 0.2) is 0 Å². The molecule has 2 aromatic carbocycles. The van der Waals surface area contributed by atoms with Gasteiger partial charge in [0.2, 0.25) is 0 Å². The average Bonchev–Trinajstić information content (AvgIpc) is 2.48. The first-order valence-corrected chi connectivity index (χ1v) is 10.2. The lowest BCUT2D eigenvalue weighted by Crippen LogP contribution is -2.58. The van der Waals surface area contributed by atoms with Crippen LogP contribution in [-0.2, 0) is 4.43 Å². The summed E-state index contributed by atoms with van der Waals surface area (Å²) in [7, 11) is -2.70. The Labute approximate surface area is 133 Å². The molecule has 2 aromatic rings. The van der Waals surface area contributed by atoms with Crippen LogP contribution in [-0.4, -0.2) is 13.7 Å². The Bertz CT molecular complexity index is 523. The van der Waals surface area contributed by atoms with Gasteiger partial charge in [0.25, 0.3) is 0 Å². The maximum Gasteiger partial charge on any atom is 0.355 e. The van der Waals surface area contributed by atoms with Crippen LogP contribution >= 0.6 is 11.1 Å². The molecule has 0 amide bonds. The zero-order chi connectivity index (χ0) is 15.5. The lowest BCUT2D eigenvalue weighted by molar-refractivity contribution is 0.104. The quantitative estimate of drug-likeness (QED) is 0.613. The first-order valence-electron chi connectivity index (χ1n) is 7.32. The fraction of sp³-hybridized carbons (Fsp3) is 0.333. The van der Waals surface area contributed by atoms with Gasteiger partial charge >= 0.3 is 7.63 Å². The Balaban J connectivity index is 2.45. The molecule has 21 heavy (non-hydrogen) atoms. The third kappa shape index (κ3) is 3.76. The predicted molar refractivity (Wildman–Crippen MR) is 93.8 cm³/mol. The van der Waals surface area contributed by atoms with Crippen molar-refractivity contribution in [3.63, 3.8) is 0 Å². The molecule has 0 bridgehead atoms. The van der Waals surface area contributed by atoms with Crippen molar-refractivity contribution in [2.75, 3.05) is 0 Å². The van der Waals surface area contributed by atoms with Gasteiger partial charge in [-0.3, -0.25) is 0 Å². The van der Waals surface area contributed by atoms with E-state index in [1.807, 2.05) is 36.4 Å². The number of halogens is 1. The molecule has 0 heterocycles. The van der Waals surface area contributed by atoms with E-state index in [9.17, 15) is 0 Å². The Morgan fingerprint density at radius 2 is 1.24 bits per heavy atom. The number of hydrogen-bond acceptors (Lipinski definition) is 1. The van der Waals surface area contributed by atoms with Gasteiger partial charge in [-0.25, -0.2) is 0 Å². The maximum atomic E-state index is 7.11. The molecule has 0 aliphatic carbocycles. The molecule has 0 radical (unpaired) electrons. The fourth-order valence-corrected chi connectivity index (χ4v) is 5.87. The second kappa shape index (κ2) is 6.35. The van der Waals surface area contributed by atoms with Gasteiger partial charge in [-0.2, -0.15) is 0 Å². The van der Waals surface area contributed by atoms with E-state index < -0.39 is 7.63 Å². The highest BCUT2D eigenvalue weighted by molar-refractivity contribution is 7.30. The number of benzene rings is 2. The molecule has 0 spiro atoms. The summed E-state index contributed by atoms with van der Waals surface area (Å²) in [6, 6.07) is 20.4. The molecule has 1 atom stereocenters. The van der Waals surface area contributed by atoms with Crippen molar-refractivity contribution in [3.05, 3.63) is 60.7 Å². The van der Waals surface area contributed by atoms with E-state index in [1.54, 1.807) is 0 Å². The van der Waals surface area contributed by atoms with E-state index in [0.717, 1.165) is 10.4 Å². The summed E-state index contributed by atoms with van der Waals surface area (Å²) in [6.45, 7) is 8.65. The van der Waals surface area contributed by atoms with E-state index >= 15 is 0 Å². The number of hydrogen-bond donors (Lipinski definition) is 0. The van der Waals surface area contributed by atoms with E-state index in [4.69, 9.17) is 15.5 Å². The van der Waals surface area contributed by atoms with Crippen LogP contribution in [0.1, 0.15) is 27.7 Å². The van der Waals surface area contributed by atoms with Crippen LogP contribution in [0.2, 0.25) is 0 Å². The molecule has 1 unspecified atom stereocenters. The van der Waals surface area contributed by atoms with Crippen LogP contribution in [0.25, 0.3) is 0 Å². The molecule has 0 fully saturated rings. The molecule has 0 saturated carbocycles. The summed E-state index contributed by atoms with van der Waals surface area (Å²) in [5, 5.41) is 2.18. The van der Waals surface area contributed by atoms with Crippen molar-refractivity contribution in [3.8, 4) is 0 Å². The molecular formula is C18H23ClOSi. The molecule has 0 saturated heterocycles. The van der Waals surface area contributed by atoms with Gasteiger partial charge in [-0.15, -0.1) is 11.1 Å². The first kappa shape index (κ1) is 16.3. The molecule has 0 aliphatic heterocycles. The zero-order valence-corrected chi connectivity index (χ0v) is 14.9. The van der Waals surface area contributed by atoms with Crippen LogP contribution in [0, 0.1) is 5.41 Å². The molecule has 0 N–H and O–H groups in total. The van der Waals surface area contributed by atoms with Gasteiger partial charge < -0.3 is 4.43 Å². The van der Waals surface area contributed by atoms with E-state index in [-0.39, 0.29) is 11.5 Å². The Morgan fingerprint density at radius 1 is 0.857 bits per heavy atom. The van der Waals surface area contributed by atoms with Crippen molar-refractivity contribution in [1.82, 2.24) is 0 Å². The van der Waals surface area contributed by atoms with Gasteiger partial charge in [-0.05, 0) is 22.7 Å². The molecular weight excluding hydrogens is 296 g/mol. The van der Waals surface area contributed by atoms with Crippen molar-refractivity contribution >= 4 is 29.1 Å². The van der Waals surface area contributed by atoms with E-state index in [0.29, 0.717) is 0 Å². The Kier molecular flexibility index (Phi) is 4.92. The largest absolute Gasteiger partial charge is 0.393 e. The van der Waals surface area contributed by atoms with Gasteiger partial charge in [0.05, 0.1) is 0 Å². The lowest BCUT2D eigenvalue weighted by atomic mass is 9.91. The molecule has 0 aromatic heterocycles. The van der Waals surface area contributed by atoms with Crippen molar-refractivity contribution in [1.29, 1.82) is 0 Å². The highest BCUT2D eigenvalue weighted by Crippen LogP contribution is 2.26. The predicted octanol–water partition coefficient (Wildman–Crippen LogP) is 3.93. The fourth-order valence-electron chi connectivity index (χ4n) is 2.03. The summed E-state index contributed by atoms with van der Waals surface area (Å²) in [5.74, 6) is 0. The Morgan fingerprint density at radius 3 is 1.57 bits per heavy atom. The summed E-state index contributed by atoms with van der Waals surface area (Å²) < 4.78 is 6.48. The van der Waals surface area contributed by atoms with Crippen LogP contribution in [0.3, 0.4) is 0 Å². The van der Waals surface area contributed by atoms with Crippen LogP contribution in [0.4, 0.5) is 0 Å². The van der Waals surface area contributed by atoms with Crippen LogP contribution in [0.15, 0.2) is 60.7 Å². The third-order valence-electron chi connectivity index (χ3n) is 3.85. The maximum absolute atomic E-state index is 7.11. The standard InChI is InChI=1S/C18H23ClOSi/c1-15(18(2,3)4)20-21(19,16-11-7-5-8-12-16)17-13-9-6-10-14-17/h5-15H,1-4H3. The Hall–Kier alpha value is -1.09. The van der Waals surface area contributed by atoms with Gasteiger partial charge in [0.1, 0.15) is 0 Å². The normalized spacial score (nSPS) is 14.0. The first-order chi connectivity index (χ1) is 9.84. The molecule has 112 valence electrons. The lowest BCUT2D eigenvalue weighted by Gasteiger charge is -2.35. The average molecular weight is 319 g/mol. The van der Waals surface area contributed by atoms with Gasteiger partial charge in [0, 0.05) is 6.10 Å². The molecule has 0 aliphatic rings. The highest BCUT2D eigenvalue weighted by atomic mass is 35.6. The SMILES string of the molecule is CC(O[Si](Cl)(c1ccccc1)c1ccccc1)C(C)(C)C. The topological polar surface area (TPSA) is 9.23 Å². The number of rotatable bonds is 4. The molecule has 1 nitrogen and oxygen atoms in total. The van der Waals surface area contributed by atoms with Crippen molar-refractivity contribution in [2.45, 2.75) is 33.8 Å². The van der Waals surface area contributed by atoms with Crippen LogP contribution < -0.4 is 10.4 Å². The second-order valence-corrected chi connectivity index (χ2v) is 10.6.